The van der Waals surface area contributed by atoms with Gasteiger partial charge in [-0.2, -0.15) is 0 Å². The molecule has 9 heteroatoms. The molecule has 1 amide bonds. The summed E-state index contributed by atoms with van der Waals surface area (Å²) < 4.78 is 34.5. The van der Waals surface area contributed by atoms with Gasteiger partial charge in [0.1, 0.15) is 5.82 Å². The number of rotatable bonds is 8. The van der Waals surface area contributed by atoms with E-state index in [4.69, 9.17) is 22.1 Å². The number of hydrogen-bond acceptors (Lipinski definition) is 4. The van der Waals surface area contributed by atoms with Crippen LogP contribution in [0.1, 0.15) is 19.7 Å². The first-order chi connectivity index (χ1) is 14.3. The van der Waals surface area contributed by atoms with Crippen LogP contribution in [0.25, 0.3) is 22.2 Å². The Morgan fingerprint density at radius 3 is 2.73 bits per heavy atom. The highest BCUT2D eigenvalue weighted by atomic mass is 35.5. The molecule has 0 aliphatic heterocycles. The molecule has 0 unspecified atom stereocenters. The van der Waals surface area contributed by atoms with Gasteiger partial charge in [-0.15, -0.1) is 0 Å². The van der Waals surface area contributed by atoms with E-state index in [1.165, 1.54) is 6.07 Å². The lowest BCUT2D eigenvalue weighted by atomic mass is 10.0. The lowest BCUT2D eigenvalue weighted by molar-refractivity contribution is -0.122. The Morgan fingerprint density at radius 2 is 2.07 bits per heavy atom. The van der Waals surface area contributed by atoms with Crippen LogP contribution >= 0.6 is 11.6 Å². The Balaban J connectivity index is 2.05. The number of nitrogens with one attached hydrogen (secondary N) is 1. The lowest BCUT2D eigenvalue weighted by Crippen LogP contribution is -2.38. The fourth-order valence-corrected chi connectivity index (χ4v) is 3.36. The average Bonchev–Trinajstić information content (AvgIpc) is 3.04. The van der Waals surface area contributed by atoms with Crippen molar-refractivity contribution >= 4 is 28.5 Å². The minimum atomic E-state index is -0.951. The molecule has 1 aromatic heterocycles. The third kappa shape index (κ3) is 4.77. The number of hydrogen-bond donors (Lipinski definition) is 2. The third-order valence-corrected chi connectivity index (χ3v) is 4.96. The number of benzene rings is 2. The fourth-order valence-electron chi connectivity index (χ4n) is 3.09. The largest absolute Gasteiger partial charge is 0.380 e. The van der Waals surface area contributed by atoms with Gasteiger partial charge in [0.25, 0.3) is 0 Å². The molecule has 30 heavy (non-hydrogen) atoms. The van der Waals surface area contributed by atoms with Gasteiger partial charge in [-0.05, 0) is 43.7 Å². The molecule has 2 aromatic carbocycles. The van der Waals surface area contributed by atoms with Crippen molar-refractivity contribution in [3.05, 3.63) is 52.8 Å². The maximum Gasteiger partial charge on any atom is 0.237 e. The molecule has 0 aliphatic carbocycles. The van der Waals surface area contributed by atoms with Crippen molar-refractivity contribution < 1.29 is 18.3 Å². The monoisotopic (exact) mass is 436 g/mol. The van der Waals surface area contributed by atoms with E-state index in [-0.39, 0.29) is 12.5 Å². The van der Waals surface area contributed by atoms with Gasteiger partial charge in [-0.25, -0.2) is 13.8 Å². The highest BCUT2D eigenvalue weighted by Crippen LogP contribution is 2.33. The number of aromatic nitrogens is 2. The number of nitrogens with two attached hydrogens (primary N) is 1. The van der Waals surface area contributed by atoms with Crippen LogP contribution in [0.2, 0.25) is 5.02 Å². The Morgan fingerprint density at radius 1 is 1.30 bits per heavy atom. The highest BCUT2D eigenvalue weighted by molar-refractivity contribution is 6.34. The Labute approximate surface area is 178 Å². The molecule has 160 valence electrons. The van der Waals surface area contributed by atoms with Crippen molar-refractivity contribution in [1.29, 1.82) is 0 Å². The predicted molar refractivity (Wildman–Crippen MR) is 112 cm³/mol. The van der Waals surface area contributed by atoms with Crippen molar-refractivity contribution in [2.75, 3.05) is 13.2 Å². The molecule has 6 nitrogen and oxygen atoms in total. The molecule has 0 saturated heterocycles. The highest BCUT2D eigenvalue weighted by Gasteiger charge is 2.17. The number of ether oxygens (including phenoxy) is 1. The normalized spacial score (nSPS) is 12.3. The van der Waals surface area contributed by atoms with Gasteiger partial charge in [0.05, 0.1) is 35.2 Å². The smallest absolute Gasteiger partial charge is 0.237 e. The summed E-state index contributed by atoms with van der Waals surface area (Å²) in [4.78, 5) is 16.5. The Kier molecular flexibility index (Phi) is 7.02. The first kappa shape index (κ1) is 22.1. The molecule has 3 rings (SSSR count). The molecule has 0 saturated carbocycles. The number of carbonyl (C=O) groups excluding carboxylic acids is 1. The van der Waals surface area contributed by atoms with Crippen molar-refractivity contribution in [1.82, 2.24) is 14.9 Å². The molecule has 1 heterocycles. The van der Waals surface area contributed by atoms with Crippen molar-refractivity contribution in [3.63, 3.8) is 0 Å². The summed E-state index contributed by atoms with van der Waals surface area (Å²) in [6.45, 7) is 5.18. The number of fused-ring (bicyclic) bond motifs is 1. The Hall–Kier alpha value is -2.55. The topological polar surface area (TPSA) is 82.2 Å². The maximum atomic E-state index is 13.7. The zero-order valence-electron chi connectivity index (χ0n) is 16.7. The molecule has 0 spiro atoms. The van der Waals surface area contributed by atoms with Crippen LogP contribution in [0, 0.1) is 11.6 Å². The Bertz CT molecular complexity index is 1070. The summed E-state index contributed by atoms with van der Waals surface area (Å²) in [5, 5.41) is 3.11. The van der Waals surface area contributed by atoms with E-state index < -0.39 is 17.7 Å². The number of imidazole rings is 1. The van der Waals surface area contributed by atoms with Crippen LogP contribution < -0.4 is 11.1 Å². The van der Waals surface area contributed by atoms with Gasteiger partial charge in [0, 0.05) is 18.7 Å². The van der Waals surface area contributed by atoms with E-state index in [9.17, 15) is 13.6 Å². The number of nitrogens with zero attached hydrogens (tertiary/aromatic N) is 2. The number of carbonyl (C=O) groups is 1. The van der Waals surface area contributed by atoms with Gasteiger partial charge in [-0.1, -0.05) is 17.7 Å². The van der Waals surface area contributed by atoms with Gasteiger partial charge in [-0.3, -0.25) is 4.79 Å². The van der Waals surface area contributed by atoms with E-state index in [0.717, 1.165) is 17.6 Å². The molecular weight excluding hydrogens is 414 g/mol. The standard InChI is InChI=1S/C21H23ClF2N4O2/c1-3-30-7-6-28-19-9-14(13-4-5-16(23)17(24)8-13)15(22)10-18(19)27-20(28)11-26-21(29)12(2)25/h4-5,8-10,12H,3,6-7,11,25H2,1-2H3,(H,26,29)/t12-/m0/s1. The lowest BCUT2D eigenvalue weighted by Gasteiger charge is -2.12. The van der Waals surface area contributed by atoms with Crippen molar-refractivity contribution in [3.8, 4) is 11.1 Å². The van der Waals surface area contributed by atoms with Crippen LogP contribution in [-0.4, -0.2) is 34.7 Å². The zero-order chi connectivity index (χ0) is 21.8. The second kappa shape index (κ2) is 9.51. The van der Waals surface area contributed by atoms with E-state index in [2.05, 4.69) is 10.3 Å². The van der Waals surface area contributed by atoms with Gasteiger partial charge in [0.2, 0.25) is 5.91 Å². The summed E-state index contributed by atoms with van der Waals surface area (Å²) in [6, 6.07) is 6.44. The van der Waals surface area contributed by atoms with Gasteiger partial charge in [0.15, 0.2) is 11.6 Å². The second-order valence-corrected chi connectivity index (χ2v) is 7.24. The van der Waals surface area contributed by atoms with E-state index >= 15 is 0 Å². The quantitative estimate of drug-likeness (QED) is 0.528. The summed E-state index contributed by atoms with van der Waals surface area (Å²) in [5.74, 6) is -1.56. The molecule has 3 N–H and O–H groups in total. The zero-order valence-corrected chi connectivity index (χ0v) is 17.5. The molecule has 3 aromatic rings. The SMILES string of the molecule is CCOCCn1c(CNC(=O)[C@H](C)N)nc2cc(Cl)c(-c3ccc(F)c(F)c3)cc21. The van der Waals surface area contributed by atoms with E-state index in [1.807, 2.05) is 11.5 Å². The number of halogens is 3. The van der Waals surface area contributed by atoms with Crippen molar-refractivity contribution in [2.24, 2.45) is 5.73 Å². The minimum Gasteiger partial charge on any atom is -0.380 e. The fraction of sp³-hybridized carbons (Fsp3) is 0.333. The first-order valence-corrected chi connectivity index (χ1v) is 9.94. The average molecular weight is 437 g/mol. The maximum absolute atomic E-state index is 13.7. The van der Waals surface area contributed by atoms with Crippen LogP contribution in [0.3, 0.4) is 0 Å². The minimum absolute atomic E-state index is 0.180. The van der Waals surface area contributed by atoms with Crippen LogP contribution in [-0.2, 0) is 22.6 Å². The molecule has 0 fully saturated rings. The summed E-state index contributed by atoms with van der Waals surface area (Å²) >= 11 is 6.41. The number of amides is 1. The van der Waals surface area contributed by atoms with Crippen LogP contribution in [0.15, 0.2) is 30.3 Å². The predicted octanol–water partition coefficient (Wildman–Crippen LogP) is 3.63. The van der Waals surface area contributed by atoms with Crippen LogP contribution in [0.4, 0.5) is 8.78 Å². The molecule has 1 atom stereocenters. The van der Waals surface area contributed by atoms with E-state index in [1.54, 1.807) is 19.1 Å². The summed E-state index contributed by atoms with van der Waals surface area (Å²) in [6.07, 6.45) is 0. The van der Waals surface area contributed by atoms with E-state index in [0.29, 0.717) is 47.2 Å². The first-order valence-electron chi connectivity index (χ1n) is 9.57. The van der Waals surface area contributed by atoms with Crippen molar-refractivity contribution in [2.45, 2.75) is 33.0 Å². The molecule has 0 aliphatic rings. The molecule has 0 radical (unpaired) electrons. The molecular formula is C21H23ClF2N4O2. The molecule has 0 bridgehead atoms. The van der Waals surface area contributed by atoms with Crippen LogP contribution in [0.5, 0.6) is 0 Å². The van der Waals surface area contributed by atoms with Gasteiger partial charge < -0.3 is 20.4 Å². The third-order valence-electron chi connectivity index (χ3n) is 4.64. The second-order valence-electron chi connectivity index (χ2n) is 6.83. The summed E-state index contributed by atoms with van der Waals surface area (Å²) in [5.41, 5.74) is 7.96. The summed E-state index contributed by atoms with van der Waals surface area (Å²) in [7, 11) is 0. The van der Waals surface area contributed by atoms with Gasteiger partial charge >= 0.3 is 0 Å².